The summed E-state index contributed by atoms with van der Waals surface area (Å²) in [6.45, 7) is 0.369. The van der Waals surface area contributed by atoms with Gasteiger partial charge in [0.1, 0.15) is 11.0 Å². The van der Waals surface area contributed by atoms with Crippen LogP contribution < -0.4 is 0 Å². The Hall–Kier alpha value is -2.19. The Bertz CT molecular complexity index is 971. The third-order valence-electron chi connectivity index (χ3n) is 5.81. The van der Waals surface area contributed by atoms with Crippen molar-refractivity contribution in [3.63, 3.8) is 0 Å². The van der Waals surface area contributed by atoms with Gasteiger partial charge < -0.3 is 10.0 Å². The lowest BCUT2D eigenvalue weighted by Gasteiger charge is -2.51. The Labute approximate surface area is 169 Å². The molecule has 29 heavy (non-hydrogen) atoms. The fourth-order valence-corrected chi connectivity index (χ4v) is 4.46. The van der Waals surface area contributed by atoms with E-state index in [2.05, 4.69) is 4.98 Å². The maximum absolute atomic E-state index is 13.8. The van der Waals surface area contributed by atoms with Gasteiger partial charge in [-0.05, 0) is 49.5 Å². The number of fused-ring (bicyclic) bond motifs is 1. The summed E-state index contributed by atoms with van der Waals surface area (Å²) in [5, 5.41) is 10.2. The molecule has 4 nitrogen and oxygen atoms in total. The molecule has 2 heterocycles. The van der Waals surface area contributed by atoms with E-state index in [4.69, 9.17) is 11.6 Å². The van der Waals surface area contributed by atoms with Gasteiger partial charge in [0.2, 0.25) is 5.60 Å². The van der Waals surface area contributed by atoms with Crippen molar-refractivity contribution in [2.45, 2.75) is 37.5 Å². The number of hydrogen-bond acceptors (Lipinski definition) is 3. The van der Waals surface area contributed by atoms with Gasteiger partial charge in [-0.25, -0.2) is 9.37 Å². The summed E-state index contributed by atoms with van der Waals surface area (Å²) in [6, 6.07) is 3.10. The minimum Gasteiger partial charge on any atom is -0.374 e. The van der Waals surface area contributed by atoms with Crippen molar-refractivity contribution in [2.24, 2.45) is 5.41 Å². The van der Waals surface area contributed by atoms with Crippen LogP contribution in [0, 0.1) is 5.41 Å². The zero-order valence-electron chi connectivity index (χ0n) is 15.1. The first-order chi connectivity index (χ1) is 13.6. The first-order valence-corrected chi connectivity index (χ1v) is 9.51. The number of amides is 1. The van der Waals surface area contributed by atoms with Crippen molar-refractivity contribution in [2.75, 3.05) is 6.54 Å². The van der Waals surface area contributed by atoms with Gasteiger partial charge in [0.15, 0.2) is 0 Å². The molecule has 0 radical (unpaired) electrons. The van der Waals surface area contributed by atoms with Gasteiger partial charge in [-0.15, -0.1) is 0 Å². The number of nitrogens with zero attached hydrogens (tertiary/aromatic N) is 2. The number of carbonyl (C=O) groups excluding carboxylic acids is 1. The minimum atomic E-state index is -5.16. The zero-order chi connectivity index (χ0) is 21.0. The number of aromatic nitrogens is 1. The molecule has 0 saturated carbocycles. The number of carbonyl (C=O) groups is 1. The average Bonchev–Trinajstić information content (AvgIpc) is 2.88. The Morgan fingerprint density at radius 2 is 2.03 bits per heavy atom. The number of halogens is 5. The van der Waals surface area contributed by atoms with Gasteiger partial charge in [-0.3, -0.25) is 4.79 Å². The van der Waals surface area contributed by atoms with Crippen LogP contribution >= 0.6 is 11.6 Å². The first-order valence-electron chi connectivity index (χ1n) is 9.13. The van der Waals surface area contributed by atoms with Crippen LogP contribution in [0.5, 0.6) is 0 Å². The number of allylic oxidation sites excluding steroid dienone is 2. The number of alkyl halides is 3. The molecular weight excluding hydrogens is 412 g/mol. The second-order valence-corrected chi connectivity index (χ2v) is 7.82. The van der Waals surface area contributed by atoms with Crippen LogP contribution in [0.25, 0.3) is 0 Å². The number of likely N-dealkylation sites (tertiary alicyclic amines) is 1. The van der Waals surface area contributed by atoms with Crippen LogP contribution in [0.4, 0.5) is 17.6 Å². The lowest BCUT2D eigenvalue weighted by Crippen LogP contribution is -2.63. The number of aliphatic hydroxyl groups is 1. The highest BCUT2D eigenvalue weighted by atomic mass is 35.5. The van der Waals surface area contributed by atoms with Gasteiger partial charge in [0.05, 0.1) is 11.0 Å². The van der Waals surface area contributed by atoms with E-state index in [-0.39, 0.29) is 17.1 Å². The molecule has 1 amide bonds. The second-order valence-electron chi connectivity index (χ2n) is 7.46. The van der Waals surface area contributed by atoms with Crippen molar-refractivity contribution in [1.29, 1.82) is 0 Å². The fourth-order valence-electron chi connectivity index (χ4n) is 4.26. The van der Waals surface area contributed by atoms with Gasteiger partial charge in [0.25, 0.3) is 5.91 Å². The quantitative estimate of drug-likeness (QED) is 0.520. The molecule has 1 aromatic rings. The highest BCUT2D eigenvalue weighted by molar-refractivity contribution is 6.32. The van der Waals surface area contributed by atoms with E-state index >= 15 is 0 Å². The van der Waals surface area contributed by atoms with Gasteiger partial charge in [-0.1, -0.05) is 23.8 Å². The van der Waals surface area contributed by atoms with Gasteiger partial charge in [-0.2, -0.15) is 13.2 Å². The van der Waals surface area contributed by atoms with Crippen LogP contribution in [0.15, 0.2) is 53.7 Å². The summed E-state index contributed by atoms with van der Waals surface area (Å²) in [5.74, 6) is -2.00. The lowest BCUT2D eigenvalue weighted by atomic mass is 9.57. The summed E-state index contributed by atoms with van der Waals surface area (Å²) in [4.78, 5) is 18.4. The molecule has 1 spiro atoms. The second kappa shape index (κ2) is 6.67. The largest absolute Gasteiger partial charge is 0.424 e. The molecule has 3 aliphatic rings. The molecule has 1 N–H and O–H groups in total. The van der Waals surface area contributed by atoms with Gasteiger partial charge >= 0.3 is 6.18 Å². The van der Waals surface area contributed by atoms with Crippen molar-refractivity contribution in [3.05, 3.63) is 64.4 Å². The number of pyridine rings is 1. The maximum Gasteiger partial charge on any atom is 0.424 e. The topological polar surface area (TPSA) is 53.4 Å². The summed E-state index contributed by atoms with van der Waals surface area (Å²) >= 11 is 6.03. The molecule has 1 aromatic heterocycles. The van der Waals surface area contributed by atoms with E-state index in [1.54, 1.807) is 6.07 Å². The highest BCUT2D eigenvalue weighted by Crippen LogP contribution is 2.62. The van der Waals surface area contributed by atoms with Crippen LogP contribution in [0.1, 0.15) is 36.0 Å². The third-order valence-corrected chi connectivity index (χ3v) is 6.11. The van der Waals surface area contributed by atoms with Crippen molar-refractivity contribution in [3.8, 4) is 0 Å². The lowest BCUT2D eigenvalue weighted by molar-refractivity contribution is -0.288. The van der Waals surface area contributed by atoms with Crippen molar-refractivity contribution in [1.82, 2.24) is 9.88 Å². The summed E-state index contributed by atoms with van der Waals surface area (Å²) in [7, 11) is 0. The monoisotopic (exact) mass is 428 g/mol. The predicted octanol–water partition coefficient (Wildman–Crippen LogP) is 4.72. The summed E-state index contributed by atoms with van der Waals surface area (Å²) < 4.78 is 54.2. The van der Waals surface area contributed by atoms with Gasteiger partial charge in [0, 0.05) is 18.4 Å². The van der Waals surface area contributed by atoms with Crippen LogP contribution in [0.2, 0.25) is 5.15 Å². The molecule has 1 saturated heterocycles. The van der Waals surface area contributed by atoms with Crippen molar-refractivity contribution < 1.29 is 27.5 Å². The molecule has 9 heteroatoms. The average molecular weight is 429 g/mol. The molecule has 4 rings (SSSR count). The molecule has 0 bridgehead atoms. The van der Waals surface area contributed by atoms with E-state index in [1.165, 1.54) is 29.3 Å². The van der Waals surface area contributed by atoms with Crippen LogP contribution in [-0.4, -0.2) is 39.2 Å². The molecule has 2 unspecified atom stereocenters. The van der Waals surface area contributed by atoms with E-state index < -0.39 is 28.9 Å². The zero-order valence-corrected chi connectivity index (χ0v) is 15.9. The Kier molecular flexibility index (Phi) is 4.62. The summed E-state index contributed by atoms with van der Waals surface area (Å²) in [6.07, 6.45) is 1.28. The molecular formula is C20H17ClF4N2O2. The van der Waals surface area contributed by atoms with E-state index in [9.17, 15) is 27.5 Å². The maximum atomic E-state index is 13.8. The Balaban J connectivity index is 1.73. The molecule has 2 aliphatic carbocycles. The first kappa shape index (κ1) is 20.1. The Morgan fingerprint density at radius 1 is 1.28 bits per heavy atom. The molecule has 154 valence electrons. The van der Waals surface area contributed by atoms with Crippen LogP contribution in [-0.2, 0) is 0 Å². The molecule has 0 aromatic carbocycles. The SMILES string of the molecule is O=C(c1cccnc1Cl)N1CCCCC2=CC3(C=C(F)C3(O)C(F)(F)F)CC=C21. The van der Waals surface area contributed by atoms with Crippen molar-refractivity contribution >= 4 is 17.5 Å². The molecule has 2 atom stereocenters. The Morgan fingerprint density at radius 3 is 2.69 bits per heavy atom. The third kappa shape index (κ3) is 2.84. The number of hydrogen-bond donors (Lipinski definition) is 1. The number of rotatable bonds is 1. The highest BCUT2D eigenvalue weighted by Gasteiger charge is 2.73. The minimum absolute atomic E-state index is 0.0376. The molecule has 1 aliphatic heterocycles. The molecule has 1 fully saturated rings. The smallest absolute Gasteiger partial charge is 0.374 e. The standard InChI is InChI=1S/C20H17ClF4N2O2/c21-16-13(5-3-8-26-16)17(28)27-9-2-1-4-12-10-18(7-6-14(12)27)11-15(22)19(18,29)20(23,24)25/h3,5-6,8,10-11,29H,1-2,4,7,9H2. The predicted molar refractivity (Wildman–Crippen MR) is 97.5 cm³/mol. The van der Waals surface area contributed by atoms with Crippen LogP contribution in [0.3, 0.4) is 0 Å². The van der Waals surface area contributed by atoms with E-state index in [0.717, 1.165) is 6.08 Å². The fraction of sp³-hybridized carbons (Fsp3) is 0.400. The van der Waals surface area contributed by atoms with E-state index in [1.807, 2.05) is 0 Å². The summed E-state index contributed by atoms with van der Waals surface area (Å²) in [5.41, 5.74) is -4.31. The van der Waals surface area contributed by atoms with E-state index in [0.29, 0.717) is 37.1 Å². The normalized spacial score (nSPS) is 29.3.